The van der Waals surface area contributed by atoms with E-state index in [2.05, 4.69) is 0 Å². The lowest BCUT2D eigenvalue weighted by Gasteiger charge is -2.09. The van der Waals surface area contributed by atoms with Crippen LogP contribution in [0.15, 0.2) is 0 Å². The molecule has 8 heavy (non-hydrogen) atoms. The molecule has 0 amide bonds. The fourth-order valence-corrected chi connectivity index (χ4v) is 1.35. The Morgan fingerprint density at radius 3 is 2.12 bits per heavy atom. The van der Waals surface area contributed by atoms with E-state index in [0.29, 0.717) is 0 Å². The van der Waals surface area contributed by atoms with Crippen LogP contribution < -0.4 is 0 Å². The van der Waals surface area contributed by atoms with Gasteiger partial charge in [0.05, 0.1) is 0 Å². The van der Waals surface area contributed by atoms with Gasteiger partial charge in [-0.25, -0.2) is 0 Å². The average Bonchev–Trinajstić information content (AvgIpc) is 1.59. The second kappa shape index (κ2) is 3.96. The van der Waals surface area contributed by atoms with E-state index in [1.165, 1.54) is 0 Å². The molecule has 0 bridgehead atoms. The van der Waals surface area contributed by atoms with E-state index in [1.807, 2.05) is 6.92 Å². The molecule has 0 aliphatic rings. The Kier molecular flexibility index (Phi) is 4.48. The van der Waals surface area contributed by atoms with E-state index < -0.39 is 13.7 Å². The van der Waals surface area contributed by atoms with Gasteiger partial charge in [0.2, 0.25) is 0 Å². The molecule has 5 heteroatoms. The average molecular weight is 194 g/mol. The highest BCUT2D eigenvalue weighted by Gasteiger charge is 2.18. The van der Waals surface area contributed by atoms with Crippen LogP contribution >= 0.6 is 34.8 Å². The lowest BCUT2D eigenvalue weighted by molar-refractivity contribution is 0.340. The molecule has 0 aromatic heterocycles. The third-order valence-corrected chi connectivity index (χ3v) is 2.39. The van der Waals surface area contributed by atoms with Gasteiger partial charge in [0.1, 0.15) is 0 Å². The smallest absolute Gasteiger partial charge is 0.287 e. The minimum absolute atomic E-state index is 0.578. The Bertz CT molecular complexity index is 62.0. The third kappa shape index (κ3) is 7.05. The standard InChI is InChI=1S/C3H7Cl3OSi/c1-2-8-7-3(4,5)6/h2,8H2,1H3. The van der Waals surface area contributed by atoms with Gasteiger partial charge in [0, 0.05) is 0 Å². The van der Waals surface area contributed by atoms with Crippen molar-refractivity contribution in [2.24, 2.45) is 0 Å². The van der Waals surface area contributed by atoms with Gasteiger partial charge in [0.15, 0.2) is 9.76 Å². The third-order valence-electron chi connectivity index (χ3n) is 0.470. The first kappa shape index (κ1) is 9.05. The van der Waals surface area contributed by atoms with Crippen molar-refractivity contribution in [2.75, 3.05) is 0 Å². The van der Waals surface area contributed by atoms with Crippen molar-refractivity contribution < 1.29 is 4.43 Å². The van der Waals surface area contributed by atoms with Crippen LogP contribution in [0.1, 0.15) is 6.92 Å². The first-order valence-corrected chi connectivity index (χ1v) is 4.98. The molecule has 0 aromatic carbocycles. The molecule has 0 saturated heterocycles. The second-order valence-electron chi connectivity index (χ2n) is 1.29. The Balaban J connectivity index is 3.11. The molecule has 50 valence electrons. The topological polar surface area (TPSA) is 9.23 Å². The molecule has 0 unspecified atom stereocenters. The number of hydrogen-bond acceptors (Lipinski definition) is 1. The second-order valence-corrected chi connectivity index (χ2v) is 5.17. The maximum Gasteiger partial charge on any atom is 0.287 e. The van der Waals surface area contributed by atoms with Crippen LogP contribution in [0.3, 0.4) is 0 Å². The number of hydrogen-bond donors (Lipinski definition) is 0. The first-order valence-electron chi connectivity index (χ1n) is 2.27. The summed E-state index contributed by atoms with van der Waals surface area (Å²) in [6.45, 7) is 2.00. The molecule has 0 aliphatic carbocycles. The summed E-state index contributed by atoms with van der Waals surface area (Å²) in [4.78, 5) is 0. The fourth-order valence-electron chi connectivity index (χ4n) is 0.218. The Morgan fingerprint density at radius 1 is 1.50 bits per heavy atom. The summed E-state index contributed by atoms with van der Waals surface area (Å²) in [5.74, 6) is 0. The van der Waals surface area contributed by atoms with Crippen molar-refractivity contribution in [3.63, 3.8) is 0 Å². The predicted molar refractivity (Wildman–Crippen MR) is 40.4 cm³/mol. The molecule has 1 nitrogen and oxygen atoms in total. The van der Waals surface area contributed by atoms with Gasteiger partial charge in [0.25, 0.3) is 3.98 Å². The van der Waals surface area contributed by atoms with Crippen LogP contribution in [0, 0.1) is 0 Å². The van der Waals surface area contributed by atoms with Gasteiger partial charge in [-0.2, -0.15) is 0 Å². The minimum atomic E-state index is -1.47. The van der Waals surface area contributed by atoms with Gasteiger partial charge in [-0.15, -0.1) is 0 Å². The Labute approximate surface area is 66.2 Å². The van der Waals surface area contributed by atoms with Gasteiger partial charge in [-0.3, -0.25) is 0 Å². The highest BCUT2D eigenvalue weighted by Crippen LogP contribution is 2.26. The summed E-state index contributed by atoms with van der Waals surface area (Å²) in [6.07, 6.45) is 0. The van der Waals surface area contributed by atoms with Crippen LogP contribution in [0.5, 0.6) is 0 Å². The van der Waals surface area contributed by atoms with E-state index >= 15 is 0 Å². The zero-order valence-electron chi connectivity index (χ0n) is 4.46. The molecular weight excluding hydrogens is 186 g/mol. The van der Waals surface area contributed by atoms with Gasteiger partial charge < -0.3 is 4.43 Å². The van der Waals surface area contributed by atoms with E-state index in [4.69, 9.17) is 39.2 Å². The van der Waals surface area contributed by atoms with E-state index in [9.17, 15) is 0 Å². The summed E-state index contributed by atoms with van der Waals surface area (Å²) in [5, 5.41) is 0. The van der Waals surface area contributed by atoms with Crippen molar-refractivity contribution in [1.29, 1.82) is 0 Å². The normalized spacial score (nSPS) is 13.5. The highest BCUT2D eigenvalue weighted by atomic mass is 35.6. The first-order chi connectivity index (χ1) is 3.56. The van der Waals surface area contributed by atoms with E-state index in [1.54, 1.807) is 0 Å². The minimum Gasteiger partial charge on any atom is -0.383 e. The Hall–Kier alpha value is 1.05. The summed E-state index contributed by atoms with van der Waals surface area (Å²) >= 11 is 15.8. The molecule has 0 aromatic rings. The number of rotatable bonds is 2. The van der Waals surface area contributed by atoms with Crippen LogP contribution in [-0.4, -0.2) is 13.7 Å². The zero-order valence-corrected chi connectivity index (χ0v) is 8.14. The zero-order chi connectivity index (χ0) is 6.62. The van der Waals surface area contributed by atoms with Gasteiger partial charge in [-0.1, -0.05) is 41.7 Å². The lowest BCUT2D eigenvalue weighted by atomic mass is 11.0. The molecule has 0 fully saturated rings. The van der Waals surface area contributed by atoms with Crippen LogP contribution in [0.25, 0.3) is 0 Å². The summed E-state index contributed by atoms with van der Waals surface area (Å²) in [5.41, 5.74) is 0. The largest absolute Gasteiger partial charge is 0.383 e. The van der Waals surface area contributed by atoms with E-state index in [-0.39, 0.29) is 0 Å². The molecule has 0 spiro atoms. The Morgan fingerprint density at radius 2 is 2.00 bits per heavy atom. The lowest BCUT2D eigenvalue weighted by Crippen LogP contribution is -2.11. The van der Waals surface area contributed by atoms with Crippen molar-refractivity contribution in [3.05, 3.63) is 0 Å². The van der Waals surface area contributed by atoms with Crippen LogP contribution in [0.2, 0.25) is 6.04 Å². The van der Waals surface area contributed by atoms with Crippen LogP contribution in [0.4, 0.5) is 0 Å². The summed E-state index contributed by atoms with van der Waals surface area (Å²) in [7, 11) is -0.578. The molecule has 0 atom stereocenters. The maximum atomic E-state index is 5.26. The van der Waals surface area contributed by atoms with Crippen LogP contribution in [-0.2, 0) is 4.43 Å². The molecular formula is C3H7Cl3OSi. The van der Waals surface area contributed by atoms with Crippen molar-refractivity contribution in [2.45, 2.75) is 16.9 Å². The predicted octanol–water partition coefficient (Wildman–Crippen LogP) is 1.85. The highest BCUT2D eigenvalue weighted by molar-refractivity contribution is 6.67. The molecule has 0 N–H and O–H groups in total. The molecule has 0 heterocycles. The monoisotopic (exact) mass is 192 g/mol. The summed E-state index contributed by atoms with van der Waals surface area (Å²) in [6, 6.07) is 0.994. The van der Waals surface area contributed by atoms with Crippen molar-refractivity contribution in [3.8, 4) is 0 Å². The van der Waals surface area contributed by atoms with Gasteiger partial charge >= 0.3 is 0 Å². The summed E-state index contributed by atoms with van der Waals surface area (Å²) < 4.78 is 3.34. The number of halogens is 3. The quantitative estimate of drug-likeness (QED) is 0.480. The van der Waals surface area contributed by atoms with E-state index in [0.717, 1.165) is 6.04 Å². The molecule has 0 rings (SSSR count). The van der Waals surface area contributed by atoms with Crippen molar-refractivity contribution in [1.82, 2.24) is 0 Å². The molecule has 0 radical (unpaired) electrons. The SMILES string of the molecule is CC[SiH2]OC(Cl)(Cl)Cl. The number of alkyl halides is 3. The maximum absolute atomic E-state index is 5.26. The fraction of sp³-hybridized carbons (Fsp3) is 1.00. The molecule has 0 aliphatic heterocycles. The molecule has 0 saturated carbocycles. The van der Waals surface area contributed by atoms with Gasteiger partial charge in [-0.05, 0) is 6.04 Å². The van der Waals surface area contributed by atoms with Crippen molar-refractivity contribution >= 4 is 44.6 Å².